The third kappa shape index (κ3) is 3.89. The van der Waals surface area contributed by atoms with E-state index in [1.807, 2.05) is 13.8 Å². The average Bonchev–Trinajstić information content (AvgIpc) is 2.14. The van der Waals surface area contributed by atoms with E-state index in [9.17, 15) is 9.59 Å². The van der Waals surface area contributed by atoms with Gasteiger partial charge in [0.2, 0.25) is 0 Å². The van der Waals surface area contributed by atoms with E-state index in [4.69, 9.17) is 9.84 Å². The Morgan fingerprint density at radius 3 is 2.71 bits per heavy atom. The van der Waals surface area contributed by atoms with E-state index in [0.29, 0.717) is 19.8 Å². The van der Waals surface area contributed by atoms with Crippen LogP contribution < -0.4 is 5.32 Å². The van der Waals surface area contributed by atoms with Crippen molar-refractivity contribution in [1.29, 1.82) is 0 Å². The Morgan fingerprint density at radius 2 is 2.18 bits per heavy atom. The topological polar surface area (TPSA) is 78.9 Å². The monoisotopic (exact) mass is 244 g/mol. The van der Waals surface area contributed by atoms with Gasteiger partial charge < -0.3 is 20.1 Å². The largest absolute Gasteiger partial charge is 0.481 e. The SMILES string of the molecule is CC(CC(=O)O)NC(=O)N1CCOCC1(C)C. The Balaban J connectivity index is 2.54. The maximum Gasteiger partial charge on any atom is 0.318 e. The minimum atomic E-state index is -0.918. The summed E-state index contributed by atoms with van der Waals surface area (Å²) in [5.74, 6) is -0.918. The molecule has 0 aromatic heterocycles. The summed E-state index contributed by atoms with van der Waals surface area (Å²) in [5.41, 5.74) is -0.356. The third-order valence-electron chi connectivity index (χ3n) is 2.74. The number of carbonyl (C=O) groups is 2. The van der Waals surface area contributed by atoms with Gasteiger partial charge in [0.05, 0.1) is 25.2 Å². The molecule has 98 valence electrons. The van der Waals surface area contributed by atoms with Gasteiger partial charge in [0, 0.05) is 12.6 Å². The van der Waals surface area contributed by atoms with Gasteiger partial charge in [-0.25, -0.2) is 4.79 Å². The molecule has 0 radical (unpaired) electrons. The summed E-state index contributed by atoms with van der Waals surface area (Å²) in [6, 6.07) is -0.606. The van der Waals surface area contributed by atoms with Crippen molar-refractivity contribution in [2.24, 2.45) is 0 Å². The summed E-state index contributed by atoms with van der Waals surface area (Å²) in [5, 5.41) is 11.3. The van der Waals surface area contributed by atoms with Crippen molar-refractivity contribution in [2.75, 3.05) is 19.8 Å². The molecule has 2 N–H and O–H groups in total. The van der Waals surface area contributed by atoms with Crippen LogP contribution in [0.5, 0.6) is 0 Å². The molecule has 0 aromatic rings. The Kier molecular flexibility index (Phi) is 4.34. The molecule has 1 heterocycles. The summed E-state index contributed by atoms with van der Waals surface area (Å²) in [4.78, 5) is 24.2. The molecule has 1 fully saturated rings. The van der Waals surface area contributed by atoms with E-state index in [1.165, 1.54) is 0 Å². The van der Waals surface area contributed by atoms with Crippen LogP contribution in [0.4, 0.5) is 4.79 Å². The average molecular weight is 244 g/mol. The second-order valence-corrected chi connectivity index (χ2v) is 4.97. The fourth-order valence-electron chi connectivity index (χ4n) is 1.84. The number of morpholine rings is 1. The van der Waals surface area contributed by atoms with Crippen molar-refractivity contribution in [2.45, 2.75) is 38.8 Å². The highest BCUT2D eigenvalue weighted by molar-refractivity contribution is 5.76. The van der Waals surface area contributed by atoms with Gasteiger partial charge >= 0.3 is 12.0 Å². The molecule has 0 aromatic carbocycles. The summed E-state index contributed by atoms with van der Waals surface area (Å²) in [6.45, 7) is 7.07. The molecular formula is C11H20N2O4. The van der Waals surface area contributed by atoms with Crippen LogP contribution in [0.1, 0.15) is 27.2 Å². The molecule has 6 nitrogen and oxygen atoms in total. The van der Waals surface area contributed by atoms with Gasteiger partial charge in [0.1, 0.15) is 0 Å². The highest BCUT2D eigenvalue weighted by atomic mass is 16.5. The molecule has 1 rings (SSSR count). The lowest BCUT2D eigenvalue weighted by Gasteiger charge is -2.42. The third-order valence-corrected chi connectivity index (χ3v) is 2.74. The van der Waals surface area contributed by atoms with E-state index >= 15 is 0 Å². The standard InChI is InChI=1S/C11H20N2O4/c1-8(6-9(14)15)12-10(16)13-4-5-17-7-11(13,2)3/h8H,4-7H2,1-3H3,(H,12,16)(H,14,15). The molecule has 0 spiro atoms. The van der Waals surface area contributed by atoms with Gasteiger partial charge in [0.25, 0.3) is 0 Å². The van der Waals surface area contributed by atoms with Gasteiger partial charge in [-0.2, -0.15) is 0 Å². The van der Waals surface area contributed by atoms with Crippen LogP contribution in [0, 0.1) is 0 Å². The molecule has 2 amide bonds. The first-order valence-electron chi connectivity index (χ1n) is 5.70. The van der Waals surface area contributed by atoms with Crippen LogP contribution >= 0.6 is 0 Å². The molecule has 17 heavy (non-hydrogen) atoms. The van der Waals surface area contributed by atoms with E-state index < -0.39 is 5.97 Å². The van der Waals surface area contributed by atoms with E-state index in [1.54, 1.807) is 11.8 Å². The maximum absolute atomic E-state index is 12.0. The maximum atomic E-state index is 12.0. The summed E-state index contributed by atoms with van der Waals surface area (Å²) < 4.78 is 5.32. The van der Waals surface area contributed by atoms with Crippen molar-refractivity contribution < 1.29 is 19.4 Å². The van der Waals surface area contributed by atoms with Crippen molar-refractivity contribution in [1.82, 2.24) is 10.2 Å². The highest BCUT2D eigenvalue weighted by Crippen LogP contribution is 2.18. The van der Waals surface area contributed by atoms with Crippen molar-refractivity contribution in [3.05, 3.63) is 0 Å². The number of amides is 2. The first-order valence-corrected chi connectivity index (χ1v) is 5.70. The van der Waals surface area contributed by atoms with Gasteiger partial charge in [-0.1, -0.05) is 0 Å². The number of carboxylic acid groups (broad SMARTS) is 1. The summed E-state index contributed by atoms with van der Waals surface area (Å²) >= 11 is 0. The van der Waals surface area contributed by atoms with E-state index in [-0.39, 0.29) is 24.0 Å². The molecule has 1 atom stereocenters. The van der Waals surface area contributed by atoms with Gasteiger partial charge in [0.15, 0.2) is 0 Å². The lowest BCUT2D eigenvalue weighted by Crippen LogP contribution is -2.59. The first kappa shape index (κ1) is 13.8. The lowest BCUT2D eigenvalue weighted by atomic mass is 10.0. The number of urea groups is 1. The Labute approximate surface area is 101 Å². The highest BCUT2D eigenvalue weighted by Gasteiger charge is 2.34. The molecule has 6 heteroatoms. The smallest absolute Gasteiger partial charge is 0.318 e. The Morgan fingerprint density at radius 1 is 1.53 bits per heavy atom. The molecule has 0 bridgehead atoms. The van der Waals surface area contributed by atoms with Crippen molar-refractivity contribution in [3.63, 3.8) is 0 Å². The zero-order valence-corrected chi connectivity index (χ0v) is 10.5. The zero-order valence-electron chi connectivity index (χ0n) is 10.5. The van der Waals surface area contributed by atoms with Gasteiger partial charge in [-0.05, 0) is 20.8 Å². The molecule has 1 saturated heterocycles. The number of ether oxygens (including phenoxy) is 1. The first-order chi connectivity index (χ1) is 7.83. The molecule has 0 saturated carbocycles. The normalized spacial score (nSPS) is 20.8. The van der Waals surface area contributed by atoms with Crippen molar-refractivity contribution >= 4 is 12.0 Å². The Bertz CT molecular complexity index is 304. The second kappa shape index (κ2) is 5.35. The molecular weight excluding hydrogens is 224 g/mol. The number of hydrogen-bond acceptors (Lipinski definition) is 3. The predicted molar refractivity (Wildman–Crippen MR) is 61.9 cm³/mol. The van der Waals surface area contributed by atoms with Crippen molar-refractivity contribution in [3.8, 4) is 0 Å². The zero-order chi connectivity index (χ0) is 13.1. The number of carbonyl (C=O) groups excluding carboxylic acids is 1. The van der Waals surface area contributed by atoms with Crippen LogP contribution in [0.2, 0.25) is 0 Å². The molecule has 1 aliphatic rings. The van der Waals surface area contributed by atoms with E-state index in [2.05, 4.69) is 5.32 Å². The number of rotatable bonds is 3. The minimum absolute atomic E-state index is 0.0729. The quantitative estimate of drug-likeness (QED) is 0.764. The fraction of sp³-hybridized carbons (Fsp3) is 0.818. The lowest BCUT2D eigenvalue weighted by molar-refractivity contribution is -0.137. The number of carboxylic acids is 1. The summed E-state index contributed by atoms with van der Waals surface area (Å²) in [6.07, 6.45) is -0.0729. The van der Waals surface area contributed by atoms with Gasteiger partial charge in [-0.3, -0.25) is 4.79 Å². The molecule has 1 unspecified atom stereocenters. The number of aliphatic carboxylic acids is 1. The minimum Gasteiger partial charge on any atom is -0.481 e. The Hall–Kier alpha value is -1.30. The van der Waals surface area contributed by atoms with E-state index in [0.717, 1.165) is 0 Å². The number of nitrogens with one attached hydrogen (secondary N) is 1. The predicted octanol–water partition coefficient (Wildman–Crippen LogP) is 0.670. The van der Waals surface area contributed by atoms with Crippen LogP contribution in [0.15, 0.2) is 0 Å². The van der Waals surface area contributed by atoms with Crippen LogP contribution in [0.3, 0.4) is 0 Å². The van der Waals surface area contributed by atoms with Gasteiger partial charge in [-0.15, -0.1) is 0 Å². The molecule has 1 aliphatic heterocycles. The van der Waals surface area contributed by atoms with Crippen LogP contribution in [-0.2, 0) is 9.53 Å². The fourth-order valence-corrected chi connectivity index (χ4v) is 1.84. The molecule has 0 aliphatic carbocycles. The summed E-state index contributed by atoms with van der Waals surface area (Å²) in [7, 11) is 0. The van der Waals surface area contributed by atoms with Crippen LogP contribution in [-0.4, -0.2) is 53.3 Å². The second-order valence-electron chi connectivity index (χ2n) is 4.97. The number of hydrogen-bond donors (Lipinski definition) is 2. The van der Waals surface area contributed by atoms with Crippen LogP contribution in [0.25, 0.3) is 0 Å². The number of nitrogens with zero attached hydrogens (tertiary/aromatic N) is 1.